The minimum Gasteiger partial charge on any atom is -0.406 e. The van der Waals surface area contributed by atoms with E-state index < -0.39 is 11.2 Å². The second-order valence-electron chi connectivity index (χ2n) is 7.58. The third-order valence-electron chi connectivity index (χ3n) is 5.59. The number of hydrogen-bond donors (Lipinski definition) is 3. The highest BCUT2D eigenvalue weighted by molar-refractivity contribution is 5.36. The van der Waals surface area contributed by atoms with Gasteiger partial charge in [-0.3, -0.25) is 10.4 Å². The first-order chi connectivity index (χ1) is 12.8. The van der Waals surface area contributed by atoms with Crippen LogP contribution < -0.4 is 27.0 Å². The number of hydrazine groups is 1. The van der Waals surface area contributed by atoms with E-state index in [1.54, 1.807) is 0 Å². The van der Waals surface area contributed by atoms with Crippen LogP contribution in [0.3, 0.4) is 0 Å². The highest BCUT2D eigenvalue weighted by Gasteiger charge is 2.31. The predicted octanol–water partition coefficient (Wildman–Crippen LogP) is 1.32. The van der Waals surface area contributed by atoms with Crippen LogP contribution in [-0.2, 0) is 4.74 Å². The zero-order valence-corrected chi connectivity index (χ0v) is 17.0. The molecule has 152 valence electrons. The molecule has 7 heteroatoms. The van der Waals surface area contributed by atoms with Crippen LogP contribution in [0, 0.1) is 5.41 Å². The zero-order chi connectivity index (χ0) is 20.1. The summed E-state index contributed by atoms with van der Waals surface area (Å²) in [5.74, 6) is 6.26. The molecule has 1 aliphatic rings. The minimum atomic E-state index is -0.725. The van der Waals surface area contributed by atoms with Crippen LogP contribution in [0.5, 0.6) is 0 Å². The molecule has 4 N–H and O–H groups in total. The smallest absolute Gasteiger partial charge is 0.314 e. The van der Waals surface area contributed by atoms with Gasteiger partial charge in [0.25, 0.3) is 0 Å². The van der Waals surface area contributed by atoms with Gasteiger partial charge in [-0.15, -0.1) is 0 Å². The van der Waals surface area contributed by atoms with Crippen LogP contribution in [-0.4, -0.2) is 34.4 Å². The number of aromatic nitrogens is 1. The minimum absolute atomic E-state index is 0.0832. The van der Waals surface area contributed by atoms with Crippen LogP contribution in [0.15, 0.2) is 4.42 Å². The van der Waals surface area contributed by atoms with E-state index in [4.69, 9.17) is 20.4 Å². The molecule has 1 unspecified atom stereocenters. The van der Waals surface area contributed by atoms with Crippen molar-refractivity contribution in [2.75, 3.05) is 18.2 Å². The van der Waals surface area contributed by atoms with Gasteiger partial charge in [0.1, 0.15) is 0 Å². The summed E-state index contributed by atoms with van der Waals surface area (Å²) in [4.78, 5) is 4.49. The highest BCUT2D eigenvalue weighted by atomic mass is 16.5. The number of hydrogen-bond acceptors (Lipinski definition) is 7. The summed E-state index contributed by atoms with van der Waals surface area (Å²) in [6, 6.07) is 0.223. The Balaban J connectivity index is 2.16. The van der Waals surface area contributed by atoms with E-state index in [9.17, 15) is 5.11 Å². The van der Waals surface area contributed by atoms with Crippen molar-refractivity contribution in [1.29, 1.82) is 5.41 Å². The van der Waals surface area contributed by atoms with Gasteiger partial charge in [0.05, 0.1) is 34.9 Å². The van der Waals surface area contributed by atoms with Crippen LogP contribution in [0.2, 0.25) is 0 Å². The van der Waals surface area contributed by atoms with Gasteiger partial charge in [-0.2, -0.15) is 4.98 Å². The van der Waals surface area contributed by atoms with Gasteiger partial charge in [0, 0.05) is 0 Å². The lowest BCUT2D eigenvalue weighted by molar-refractivity contribution is -0.0711. The quantitative estimate of drug-likeness (QED) is 0.418. The largest absolute Gasteiger partial charge is 0.406 e. The average Bonchev–Trinajstić information content (AvgIpc) is 2.67. The fourth-order valence-corrected chi connectivity index (χ4v) is 3.14. The Hall–Kier alpha value is -1.70. The molecule has 1 aromatic heterocycles. The summed E-state index contributed by atoms with van der Waals surface area (Å²) in [5, 5.41) is 21.2. The molecule has 0 saturated carbocycles. The summed E-state index contributed by atoms with van der Waals surface area (Å²) in [6.07, 6.45) is 8.57. The molecule has 0 aromatic carbocycles. The van der Waals surface area contributed by atoms with Crippen molar-refractivity contribution in [1.82, 2.24) is 4.98 Å². The molecule has 0 aliphatic heterocycles. The first kappa shape index (κ1) is 21.6. The Kier molecular flexibility index (Phi) is 7.19. The Morgan fingerprint density at radius 1 is 1.26 bits per heavy atom. The lowest BCUT2D eigenvalue weighted by Crippen LogP contribution is -2.51. The molecular weight excluding hydrogens is 344 g/mol. The first-order valence-corrected chi connectivity index (χ1v) is 9.90. The third-order valence-corrected chi connectivity index (χ3v) is 5.59. The number of nitrogens with zero attached hydrogens (tertiary/aromatic N) is 2. The summed E-state index contributed by atoms with van der Waals surface area (Å²) < 4.78 is 11.7. The Morgan fingerprint density at radius 3 is 2.56 bits per heavy atom. The Morgan fingerprint density at radius 2 is 1.93 bits per heavy atom. The number of fused-ring (bicyclic) bond motifs is 1. The molecule has 27 heavy (non-hydrogen) atoms. The predicted molar refractivity (Wildman–Crippen MR) is 106 cm³/mol. The number of anilines is 1. The van der Waals surface area contributed by atoms with E-state index in [1.165, 1.54) is 5.01 Å². The van der Waals surface area contributed by atoms with E-state index in [2.05, 4.69) is 18.8 Å². The monoisotopic (exact) mass is 378 g/mol. The maximum atomic E-state index is 10.2. The van der Waals surface area contributed by atoms with E-state index >= 15 is 0 Å². The van der Waals surface area contributed by atoms with Gasteiger partial charge in [0.15, 0.2) is 0 Å². The number of ether oxygens (including phenoxy) is 1. The van der Waals surface area contributed by atoms with Crippen LogP contribution in [0.4, 0.5) is 6.01 Å². The molecule has 1 heterocycles. The van der Waals surface area contributed by atoms with Gasteiger partial charge in [-0.05, 0) is 45.4 Å². The lowest BCUT2D eigenvalue weighted by atomic mass is 9.95. The summed E-state index contributed by atoms with van der Waals surface area (Å²) in [7, 11) is 0. The van der Waals surface area contributed by atoms with Crippen molar-refractivity contribution in [3.8, 4) is 0 Å². The summed E-state index contributed by atoms with van der Waals surface area (Å²) in [5.41, 5.74) is -1.11. The molecule has 0 fully saturated rings. The molecule has 1 aliphatic carbocycles. The van der Waals surface area contributed by atoms with Gasteiger partial charge in [-0.25, -0.2) is 5.84 Å². The van der Waals surface area contributed by atoms with E-state index in [1.807, 2.05) is 26.0 Å². The van der Waals surface area contributed by atoms with Crippen LogP contribution in [0.1, 0.15) is 66.2 Å². The van der Waals surface area contributed by atoms with Crippen LogP contribution >= 0.6 is 0 Å². The third kappa shape index (κ3) is 5.40. The molecule has 1 aromatic rings. The zero-order valence-electron chi connectivity index (χ0n) is 17.0. The van der Waals surface area contributed by atoms with Gasteiger partial charge in [0.2, 0.25) is 5.55 Å². The number of rotatable bonds is 10. The Labute approximate surface area is 161 Å². The van der Waals surface area contributed by atoms with Gasteiger partial charge >= 0.3 is 6.01 Å². The average molecular weight is 379 g/mol. The fraction of sp³-hybridized carbons (Fsp3) is 0.700. The highest BCUT2D eigenvalue weighted by Crippen LogP contribution is 2.24. The van der Waals surface area contributed by atoms with Gasteiger partial charge in [-0.1, -0.05) is 32.9 Å². The molecule has 0 bridgehead atoms. The van der Waals surface area contributed by atoms with Crippen molar-refractivity contribution in [3.05, 3.63) is 16.1 Å². The molecule has 2 rings (SSSR count). The number of nitrogens with one attached hydrogen (secondary N) is 1. The maximum Gasteiger partial charge on any atom is 0.314 e. The SMILES string of the molecule is CCC(C)(O)CCOC(CC)(CC)CN(N)c1nc2c(c(=N)o1)=CCCC=2. The van der Waals surface area contributed by atoms with Crippen molar-refractivity contribution in [3.63, 3.8) is 0 Å². The standard InChI is InChI=1S/C20H34N4O3/c1-5-19(4,25)12-13-26-20(6-2,7-3)14-24(22)18-23-16-11-9-8-10-15(16)17(21)27-18/h10-11,21,25H,5-9,12-14,22H2,1-4H3. The topological polar surface area (TPSA) is 109 Å². The first-order valence-electron chi connectivity index (χ1n) is 9.90. The van der Waals surface area contributed by atoms with Gasteiger partial charge < -0.3 is 14.3 Å². The fourth-order valence-electron chi connectivity index (χ4n) is 3.14. The molecule has 0 radical (unpaired) electrons. The number of aliphatic hydroxyl groups is 1. The second kappa shape index (κ2) is 8.99. The van der Waals surface area contributed by atoms with E-state index in [0.29, 0.717) is 26.0 Å². The van der Waals surface area contributed by atoms with E-state index in [0.717, 1.165) is 36.3 Å². The molecule has 0 spiro atoms. The normalized spacial score (nSPS) is 16.1. The van der Waals surface area contributed by atoms with Crippen molar-refractivity contribution < 1.29 is 14.3 Å². The molecule has 7 nitrogen and oxygen atoms in total. The van der Waals surface area contributed by atoms with Crippen molar-refractivity contribution in [2.24, 2.45) is 5.84 Å². The van der Waals surface area contributed by atoms with Crippen molar-refractivity contribution in [2.45, 2.75) is 77.4 Å². The number of nitrogens with two attached hydrogens (primary N) is 1. The second-order valence-corrected chi connectivity index (χ2v) is 7.58. The van der Waals surface area contributed by atoms with Crippen LogP contribution in [0.25, 0.3) is 12.2 Å². The molecular formula is C20H34N4O3. The molecule has 1 atom stereocenters. The molecule has 0 amide bonds. The summed E-state index contributed by atoms with van der Waals surface area (Å²) in [6.45, 7) is 8.76. The molecule has 0 saturated heterocycles. The maximum absolute atomic E-state index is 10.2. The van der Waals surface area contributed by atoms with Crippen molar-refractivity contribution >= 4 is 18.2 Å². The summed E-state index contributed by atoms with van der Waals surface area (Å²) >= 11 is 0. The van der Waals surface area contributed by atoms with E-state index in [-0.39, 0.29) is 11.6 Å². The Bertz CT molecular complexity index is 796. The lowest BCUT2D eigenvalue weighted by Gasteiger charge is -2.36.